The molecule has 0 aliphatic heterocycles. The second-order valence-electron chi connectivity index (χ2n) is 5.62. The summed E-state index contributed by atoms with van der Waals surface area (Å²) < 4.78 is 0. The van der Waals surface area contributed by atoms with E-state index in [2.05, 4.69) is 18.4 Å². The second kappa shape index (κ2) is 6.71. The van der Waals surface area contributed by atoms with Crippen molar-refractivity contribution in [3.05, 3.63) is 43.0 Å². The lowest BCUT2D eigenvalue weighted by Gasteiger charge is -2.28. The predicted molar refractivity (Wildman–Crippen MR) is 83.8 cm³/mol. The first kappa shape index (κ1) is 14.8. The summed E-state index contributed by atoms with van der Waals surface area (Å²) in [6.07, 6.45) is 4.37. The number of likely N-dealkylation sites (N-methyl/N-ethyl adjacent to an activating group) is 1. The van der Waals surface area contributed by atoms with Crippen molar-refractivity contribution in [3.8, 4) is 0 Å². The van der Waals surface area contributed by atoms with E-state index in [9.17, 15) is 4.79 Å². The van der Waals surface area contributed by atoms with Gasteiger partial charge in [0.1, 0.15) is 0 Å². The first-order chi connectivity index (χ1) is 9.63. The van der Waals surface area contributed by atoms with Crippen molar-refractivity contribution in [2.75, 3.05) is 25.0 Å². The quantitative estimate of drug-likeness (QED) is 0.713. The Hall–Kier alpha value is -1.61. The summed E-state index contributed by atoms with van der Waals surface area (Å²) in [5.74, 6) is 0.906. The first-order valence-electron chi connectivity index (χ1n) is 7.30. The Morgan fingerprint density at radius 2 is 2.05 bits per heavy atom. The van der Waals surface area contributed by atoms with Gasteiger partial charge in [-0.15, -0.1) is 6.58 Å². The second-order valence-corrected chi connectivity index (χ2v) is 5.62. The fourth-order valence-electron chi connectivity index (χ4n) is 2.47. The highest BCUT2D eigenvalue weighted by Gasteiger charge is 2.31. The maximum atomic E-state index is 12.5. The molecule has 1 fully saturated rings. The summed E-state index contributed by atoms with van der Waals surface area (Å²) in [6.45, 7) is 6.98. The molecule has 0 aromatic heterocycles. The van der Waals surface area contributed by atoms with Crippen LogP contribution in [0.2, 0.25) is 0 Å². The van der Waals surface area contributed by atoms with E-state index in [-0.39, 0.29) is 5.91 Å². The number of para-hydroxylation sites is 1. The molecular weight excluding hydrogens is 248 g/mol. The number of carbonyl (C=O) groups excluding carboxylic acids is 1. The van der Waals surface area contributed by atoms with Crippen molar-refractivity contribution >= 4 is 11.6 Å². The van der Waals surface area contributed by atoms with Crippen molar-refractivity contribution < 1.29 is 4.79 Å². The summed E-state index contributed by atoms with van der Waals surface area (Å²) in [5, 5.41) is 0. The Kier molecular flexibility index (Phi) is 4.96. The molecule has 20 heavy (non-hydrogen) atoms. The number of nitrogens with zero attached hydrogens (tertiary/aromatic N) is 2. The molecule has 1 aliphatic carbocycles. The maximum Gasteiger partial charge on any atom is 0.241 e. The van der Waals surface area contributed by atoms with E-state index >= 15 is 0 Å². The molecule has 1 unspecified atom stereocenters. The number of amides is 1. The van der Waals surface area contributed by atoms with E-state index in [1.165, 1.54) is 12.8 Å². The van der Waals surface area contributed by atoms with E-state index in [1.807, 2.05) is 37.4 Å². The summed E-state index contributed by atoms with van der Waals surface area (Å²) in [5.41, 5.74) is 0.935. The molecule has 1 aromatic rings. The molecule has 0 bridgehead atoms. The molecule has 1 atom stereocenters. The molecular formula is C17H24N2O. The van der Waals surface area contributed by atoms with Gasteiger partial charge in [-0.05, 0) is 44.9 Å². The van der Waals surface area contributed by atoms with Gasteiger partial charge in [-0.2, -0.15) is 0 Å². The summed E-state index contributed by atoms with van der Waals surface area (Å²) in [6, 6.07) is 10.3. The minimum atomic E-state index is 0.131. The van der Waals surface area contributed by atoms with Crippen LogP contribution < -0.4 is 4.90 Å². The Morgan fingerprint density at radius 1 is 1.40 bits per heavy atom. The molecule has 1 aromatic carbocycles. The van der Waals surface area contributed by atoms with Crippen molar-refractivity contribution in [2.24, 2.45) is 5.92 Å². The average molecular weight is 272 g/mol. The van der Waals surface area contributed by atoms with E-state index in [0.717, 1.165) is 11.6 Å². The lowest BCUT2D eigenvalue weighted by molar-refractivity contribution is -0.119. The lowest BCUT2D eigenvalue weighted by Crippen LogP contribution is -2.42. The van der Waals surface area contributed by atoms with Gasteiger partial charge in [-0.3, -0.25) is 9.69 Å². The van der Waals surface area contributed by atoms with Crippen LogP contribution in [0.3, 0.4) is 0 Å². The number of hydrogen-bond donors (Lipinski definition) is 0. The third-order valence-electron chi connectivity index (χ3n) is 4.06. The normalized spacial score (nSPS) is 15.9. The predicted octanol–water partition coefficient (Wildman–Crippen LogP) is 2.94. The van der Waals surface area contributed by atoms with Crippen molar-refractivity contribution in [2.45, 2.75) is 25.8 Å². The van der Waals surface area contributed by atoms with E-state index < -0.39 is 0 Å². The monoisotopic (exact) mass is 272 g/mol. The molecule has 0 spiro atoms. The standard InChI is InChI=1S/C17H24N2O/c1-4-12-19(16-8-6-5-7-9-16)17(20)13-18(3)14(2)15-10-11-15/h4-9,14-15H,1,10-13H2,2-3H3. The van der Waals surface area contributed by atoms with Gasteiger partial charge in [-0.25, -0.2) is 0 Å². The highest BCUT2D eigenvalue weighted by atomic mass is 16.2. The van der Waals surface area contributed by atoms with Crippen LogP contribution in [0.4, 0.5) is 5.69 Å². The molecule has 0 saturated heterocycles. The van der Waals surface area contributed by atoms with Gasteiger partial charge in [0.25, 0.3) is 0 Å². The van der Waals surface area contributed by atoms with Gasteiger partial charge in [0, 0.05) is 18.3 Å². The smallest absolute Gasteiger partial charge is 0.241 e. The van der Waals surface area contributed by atoms with E-state index in [0.29, 0.717) is 19.1 Å². The molecule has 108 valence electrons. The minimum Gasteiger partial charge on any atom is -0.308 e. The third kappa shape index (κ3) is 3.70. The van der Waals surface area contributed by atoms with Crippen LogP contribution in [-0.4, -0.2) is 37.0 Å². The zero-order valence-corrected chi connectivity index (χ0v) is 12.5. The fourth-order valence-corrected chi connectivity index (χ4v) is 2.47. The van der Waals surface area contributed by atoms with E-state index in [1.54, 1.807) is 11.0 Å². The van der Waals surface area contributed by atoms with Gasteiger partial charge >= 0.3 is 0 Å². The molecule has 1 saturated carbocycles. The Bertz CT molecular complexity index is 453. The number of hydrogen-bond acceptors (Lipinski definition) is 2. The highest BCUT2D eigenvalue weighted by Crippen LogP contribution is 2.34. The Labute approximate surface area is 121 Å². The number of rotatable bonds is 7. The first-order valence-corrected chi connectivity index (χ1v) is 7.30. The van der Waals surface area contributed by atoms with Crippen LogP contribution >= 0.6 is 0 Å². The van der Waals surface area contributed by atoms with Gasteiger partial charge in [0.2, 0.25) is 5.91 Å². The summed E-state index contributed by atoms with van der Waals surface area (Å²) in [7, 11) is 2.04. The Balaban J connectivity index is 2.01. The summed E-state index contributed by atoms with van der Waals surface area (Å²) >= 11 is 0. The molecule has 3 nitrogen and oxygen atoms in total. The fraction of sp³-hybridized carbons (Fsp3) is 0.471. The average Bonchev–Trinajstić information content (AvgIpc) is 3.29. The van der Waals surface area contributed by atoms with Gasteiger partial charge in [-0.1, -0.05) is 24.3 Å². The zero-order chi connectivity index (χ0) is 14.5. The molecule has 1 amide bonds. The molecule has 0 radical (unpaired) electrons. The number of benzene rings is 1. The molecule has 0 N–H and O–H groups in total. The Morgan fingerprint density at radius 3 is 2.60 bits per heavy atom. The van der Waals surface area contributed by atoms with Crippen LogP contribution in [0.5, 0.6) is 0 Å². The zero-order valence-electron chi connectivity index (χ0n) is 12.5. The van der Waals surface area contributed by atoms with Crippen LogP contribution in [-0.2, 0) is 4.79 Å². The van der Waals surface area contributed by atoms with Crippen molar-refractivity contribution in [1.29, 1.82) is 0 Å². The number of anilines is 1. The van der Waals surface area contributed by atoms with Gasteiger partial charge in [0.05, 0.1) is 6.54 Å². The third-order valence-corrected chi connectivity index (χ3v) is 4.06. The number of carbonyl (C=O) groups is 1. The van der Waals surface area contributed by atoms with Gasteiger partial charge in [0.15, 0.2) is 0 Å². The molecule has 0 heterocycles. The summed E-state index contributed by atoms with van der Waals surface area (Å²) in [4.78, 5) is 16.5. The lowest BCUT2D eigenvalue weighted by atomic mass is 10.2. The molecule has 3 heteroatoms. The molecule has 1 aliphatic rings. The van der Waals surface area contributed by atoms with Crippen LogP contribution in [0.25, 0.3) is 0 Å². The largest absolute Gasteiger partial charge is 0.308 e. The minimum absolute atomic E-state index is 0.131. The van der Waals surface area contributed by atoms with E-state index in [4.69, 9.17) is 0 Å². The molecule has 2 rings (SSSR count). The highest BCUT2D eigenvalue weighted by molar-refractivity contribution is 5.95. The SMILES string of the molecule is C=CCN(C(=O)CN(C)C(C)C1CC1)c1ccccc1. The maximum absolute atomic E-state index is 12.5. The topological polar surface area (TPSA) is 23.6 Å². The van der Waals surface area contributed by atoms with Gasteiger partial charge < -0.3 is 4.90 Å². The van der Waals surface area contributed by atoms with Crippen LogP contribution in [0, 0.1) is 5.92 Å². The van der Waals surface area contributed by atoms with Crippen LogP contribution in [0.1, 0.15) is 19.8 Å². The van der Waals surface area contributed by atoms with Crippen LogP contribution in [0.15, 0.2) is 43.0 Å². The van der Waals surface area contributed by atoms with Crippen molar-refractivity contribution in [3.63, 3.8) is 0 Å². The van der Waals surface area contributed by atoms with Crippen molar-refractivity contribution in [1.82, 2.24) is 4.90 Å².